The highest BCUT2D eigenvalue weighted by atomic mass is 16.5. The Balaban J connectivity index is 1.94. The van der Waals surface area contributed by atoms with E-state index in [-0.39, 0.29) is 0 Å². The molecule has 0 saturated carbocycles. The first kappa shape index (κ1) is 11.8. The Morgan fingerprint density at radius 1 is 1.12 bits per heavy atom. The van der Waals surface area contributed by atoms with Gasteiger partial charge in [-0.15, -0.1) is 0 Å². The number of benzene rings is 1. The van der Waals surface area contributed by atoms with Crippen LogP contribution in [0.5, 0.6) is 0 Å². The molecule has 0 fully saturated rings. The number of ether oxygens (including phenoxy) is 1. The van der Waals surface area contributed by atoms with Crippen LogP contribution in [0.2, 0.25) is 0 Å². The van der Waals surface area contributed by atoms with Crippen molar-refractivity contribution in [1.29, 1.82) is 0 Å². The summed E-state index contributed by atoms with van der Waals surface area (Å²) in [6.07, 6.45) is 3.33. The smallest absolute Gasteiger partial charge is 0.0856 e. The van der Waals surface area contributed by atoms with Crippen molar-refractivity contribution in [3.63, 3.8) is 0 Å². The molecular formula is C13H17N3O. The van der Waals surface area contributed by atoms with Crippen molar-refractivity contribution in [3.8, 4) is 5.69 Å². The van der Waals surface area contributed by atoms with Crippen LogP contribution in [0.4, 0.5) is 0 Å². The Bertz CT molecular complexity index is 434. The Labute approximate surface area is 101 Å². The summed E-state index contributed by atoms with van der Waals surface area (Å²) in [6, 6.07) is 8.07. The fourth-order valence-corrected chi connectivity index (χ4v) is 1.49. The van der Waals surface area contributed by atoms with Gasteiger partial charge in [0.1, 0.15) is 0 Å². The summed E-state index contributed by atoms with van der Waals surface area (Å²) >= 11 is 0. The predicted octanol–water partition coefficient (Wildman–Crippen LogP) is 2.44. The molecule has 1 heterocycles. The van der Waals surface area contributed by atoms with Gasteiger partial charge in [0.05, 0.1) is 24.7 Å². The Morgan fingerprint density at radius 2 is 1.76 bits per heavy atom. The van der Waals surface area contributed by atoms with Gasteiger partial charge in [-0.2, -0.15) is 15.0 Å². The van der Waals surface area contributed by atoms with Crippen LogP contribution in [0, 0.1) is 5.92 Å². The lowest BCUT2D eigenvalue weighted by molar-refractivity contribution is 0.0971. The predicted molar refractivity (Wildman–Crippen MR) is 65.9 cm³/mol. The van der Waals surface area contributed by atoms with Crippen molar-refractivity contribution >= 4 is 0 Å². The van der Waals surface area contributed by atoms with E-state index in [1.807, 2.05) is 24.3 Å². The number of nitrogens with zero attached hydrogens (tertiary/aromatic N) is 3. The zero-order chi connectivity index (χ0) is 12.1. The van der Waals surface area contributed by atoms with Gasteiger partial charge in [0, 0.05) is 6.61 Å². The molecule has 0 aliphatic carbocycles. The zero-order valence-electron chi connectivity index (χ0n) is 10.2. The second-order valence-electron chi connectivity index (χ2n) is 4.39. The second-order valence-corrected chi connectivity index (χ2v) is 4.39. The van der Waals surface area contributed by atoms with Crippen LogP contribution >= 0.6 is 0 Å². The highest BCUT2D eigenvalue weighted by Crippen LogP contribution is 2.08. The molecule has 0 unspecified atom stereocenters. The summed E-state index contributed by atoms with van der Waals surface area (Å²) in [5, 5.41) is 8.15. The molecule has 2 rings (SSSR count). The average Bonchev–Trinajstić information content (AvgIpc) is 2.83. The number of rotatable bonds is 5. The van der Waals surface area contributed by atoms with Gasteiger partial charge in [0.25, 0.3) is 0 Å². The van der Waals surface area contributed by atoms with Crippen LogP contribution in [0.15, 0.2) is 36.7 Å². The van der Waals surface area contributed by atoms with E-state index in [0.717, 1.165) is 12.3 Å². The first-order chi connectivity index (χ1) is 8.25. The SMILES string of the molecule is CC(C)COCc1ccc(-n2nccn2)cc1. The number of aromatic nitrogens is 3. The summed E-state index contributed by atoms with van der Waals surface area (Å²) in [6.45, 7) is 5.74. The number of hydrogen-bond donors (Lipinski definition) is 0. The van der Waals surface area contributed by atoms with E-state index in [9.17, 15) is 0 Å². The molecule has 0 saturated heterocycles. The van der Waals surface area contributed by atoms with Gasteiger partial charge in [-0.05, 0) is 23.6 Å². The van der Waals surface area contributed by atoms with Gasteiger partial charge < -0.3 is 4.74 Å². The minimum Gasteiger partial charge on any atom is -0.377 e. The summed E-state index contributed by atoms with van der Waals surface area (Å²) in [7, 11) is 0. The molecule has 0 aliphatic heterocycles. The quantitative estimate of drug-likeness (QED) is 0.793. The van der Waals surface area contributed by atoms with Crippen LogP contribution in [-0.4, -0.2) is 21.6 Å². The highest BCUT2D eigenvalue weighted by molar-refractivity contribution is 5.32. The van der Waals surface area contributed by atoms with E-state index >= 15 is 0 Å². The molecule has 0 amide bonds. The van der Waals surface area contributed by atoms with E-state index in [1.165, 1.54) is 5.56 Å². The first-order valence-corrected chi connectivity index (χ1v) is 5.79. The molecule has 4 nitrogen and oxygen atoms in total. The fourth-order valence-electron chi connectivity index (χ4n) is 1.49. The van der Waals surface area contributed by atoms with E-state index in [0.29, 0.717) is 12.5 Å². The van der Waals surface area contributed by atoms with Gasteiger partial charge in [-0.3, -0.25) is 0 Å². The Morgan fingerprint density at radius 3 is 2.35 bits per heavy atom. The van der Waals surface area contributed by atoms with Gasteiger partial charge in [0.2, 0.25) is 0 Å². The molecule has 2 aromatic rings. The van der Waals surface area contributed by atoms with E-state index in [1.54, 1.807) is 17.2 Å². The molecule has 0 atom stereocenters. The first-order valence-electron chi connectivity index (χ1n) is 5.79. The van der Waals surface area contributed by atoms with Gasteiger partial charge in [0.15, 0.2) is 0 Å². The van der Waals surface area contributed by atoms with Crippen LogP contribution in [0.25, 0.3) is 5.69 Å². The summed E-state index contributed by atoms with van der Waals surface area (Å²) in [5.74, 6) is 0.572. The lowest BCUT2D eigenvalue weighted by atomic mass is 10.2. The molecule has 0 aliphatic rings. The lowest BCUT2D eigenvalue weighted by Crippen LogP contribution is -2.02. The molecule has 0 bridgehead atoms. The van der Waals surface area contributed by atoms with Crippen LogP contribution < -0.4 is 0 Å². The van der Waals surface area contributed by atoms with Crippen molar-refractivity contribution in [1.82, 2.24) is 15.0 Å². The summed E-state index contributed by atoms with van der Waals surface area (Å²) in [4.78, 5) is 1.60. The van der Waals surface area contributed by atoms with Gasteiger partial charge in [-0.1, -0.05) is 26.0 Å². The van der Waals surface area contributed by atoms with Gasteiger partial charge in [-0.25, -0.2) is 0 Å². The summed E-state index contributed by atoms with van der Waals surface area (Å²) in [5.41, 5.74) is 2.13. The molecule has 0 radical (unpaired) electrons. The molecule has 1 aromatic carbocycles. The minimum absolute atomic E-state index is 0.572. The minimum atomic E-state index is 0.572. The maximum atomic E-state index is 5.57. The fraction of sp³-hybridized carbons (Fsp3) is 0.385. The molecule has 90 valence electrons. The van der Waals surface area contributed by atoms with Crippen molar-refractivity contribution in [2.45, 2.75) is 20.5 Å². The Kier molecular flexibility index (Phi) is 3.88. The summed E-state index contributed by atoms with van der Waals surface area (Å²) < 4.78 is 5.57. The topological polar surface area (TPSA) is 39.9 Å². The van der Waals surface area contributed by atoms with Crippen molar-refractivity contribution in [2.24, 2.45) is 5.92 Å². The van der Waals surface area contributed by atoms with Crippen molar-refractivity contribution < 1.29 is 4.74 Å². The third kappa shape index (κ3) is 3.39. The second kappa shape index (κ2) is 5.59. The average molecular weight is 231 g/mol. The maximum absolute atomic E-state index is 5.57. The van der Waals surface area contributed by atoms with E-state index in [4.69, 9.17) is 4.74 Å². The van der Waals surface area contributed by atoms with Crippen LogP contribution in [0.3, 0.4) is 0 Å². The third-order valence-electron chi connectivity index (χ3n) is 2.31. The van der Waals surface area contributed by atoms with Crippen LogP contribution in [0.1, 0.15) is 19.4 Å². The molecule has 17 heavy (non-hydrogen) atoms. The molecule has 0 spiro atoms. The maximum Gasteiger partial charge on any atom is 0.0856 e. The number of hydrogen-bond acceptors (Lipinski definition) is 3. The van der Waals surface area contributed by atoms with Gasteiger partial charge >= 0.3 is 0 Å². The van der Waals surface area contributed by atoms with Crippen molar-refractivity contribution in [3.05, 3.63) is 42.2 Å². The highest BCUT2D eigenvalue weighted by Gasteiger charge is 1.99. The standard InChI is InChI=1S/C13H17N3O/c1-11(2)9-17-10-12-3-5-13(6-4-12)16-14-7-8-15-16/h3-8,11H,9-10H2,1-2H3. The molecule has 0 N–H and O–H groups in total. The molecule has 1 aromatic heterocycles. The van der Waals surface area contributed by atoms with Crippen LogP contribution in [-0.2, 0) is 11.3 Å². The van der Waals surface area contributed by atoms with E-state index < -0.39 is 0 Å². The third-order valence-corrected chi connectivity index (χ3v) is 2.31. The lowest BCUT2D eigenvalue weighted by Gasteiger charge is -2.07. The Hall–Kier alpha value is -1.68. The molecular weight excluding hydrogens is 214 g/mol. The largest absolute Gasteiger partial charge is 0.377 e. The van der Waals surface area contributed by atoms with Crippen molar-refractivity contribution in [2.75, 3.05) is 6.61 Å². The molecule has 4 heteroatoms. The monoisotopic (exact) mass is 231 g/mol. The zero-order valence-corrected chi connectivity index (χ0v) is 10.2. The van der Waals surface area contributed by atoms with E-state index in [2.05, 4.69) is 24.0 Å². The normalized spacial score (nSPS) is 11.0.